The lowest BCUT2D eigenvalue weighted by Gasteiger charge is -2.49. The molecule has 4 atom stereocenters. The van der Waals surface area contributed by atoms with Crippen LogP contribution in [-0.2, 0) is 21.5 Å². The van der Waals surface area contributed by atoms with Gasteiger partial charge in [0.25, 0.3) is 11.8 Å². The Morgan fingerprint density at radius 2 is 1.65 bits per heavy atom. The number of rotatable bonds is 6. The second kappa shape index (κ2) is 12.1. The van der Waals surface area contributed by atoms with E-state index in [1.165, 1.54) is 22.5 Å². The molecule has 8 rings (SSSR count). The molecule has 2 aliphatic heterocycles. The number of nitrogens with one attached hydrogen (secondary N) is 1. The first kappa shape index (κ1) is 32.7. The normalized spacial score (nSPS) is 22.2. The van der Waals surface area contributed by atoms with Gasteiger partial charge in [0.2, 0.25) is 0 Å². The maximum Gasteiger partial charge on any atom is 0.352 e. The van der Waals surface area contributed by atoms with E-state index in [1.54, 1.807) is 91.9 Å². The molecule has 258 valence electrons. The van der Waals surface area contributed by atoms with Crippen molar-refractivity contribution >= 4 is 40.7 Å². The number of anilines is 1. The van der Waals surface area contributed by atoms with Crippen LogP contribution in [0.4, 0.5) is 5.69 Å². The summed E-state index contributed by atoms with van der Waals surface area (Å²) in [4.78, 5) is 58.3. The highest BCUT2D eigenvalue weighted by molar-refractivity contribution is 6.36. The summed E-state index contributed by atoms with van der Waals surface area (Å²) in [7, 11) is 1.53. The molecule has 4 aromatic carbocycles. The number of benzene rings is 4. The number of fused-ring (bicyclic) bond motifs is 4. The zero-order chi connectivity index (χ0) is 35.8. The number of carbonyl (C=O) groups is 2. The van der Waals surface area contributed by atoms with E-state index in [0.29, 0.717) is 38.7 Å². The van der Waals surface area contributed by atoms with Crippen molar-refractivity contribution in [2.45, 2.75) is 37.3 Å². The number of methoxy groups -OCH3 is 1. The second-order valence-electron chi connectivity index (χ2n) is 12.9. The summed E-state index contributed by atoms with van der Waals surface area (Å²) < 4.78 is 9.32. The summed E-state index contributed by atoms with van der Waals surface area (Å²) in [5.41, 5.74) is 3.04. The third-order valence-electron chi connectivity index (χ3n) is 10.4. The Hall–Kier alpha value is -5.52. The molecule has 5 aromatic rings. The van der Waals surface area contributed by atoms with Gasteiger partial charge in [-0.1, -0.05) is 77.8 Å². The number of phenols is 1. The maximum atomic E-state index is 15.3. The Morgan fingerprint density at radius 1 is 0.902 bits per heavy atom. The number of aromatic nitrogens is 3. The first-order chi connectivity index (χ1) is 24.6. The van der Waals surface area contributed by atoms with Crippen molar-refractivity contribution < 1.29 is 19.4 Å². The van der Waals surface area contributed by atoms with E-state index in [9.17, 15) is 19.5 Å². The van der Waals surface area contributed by atoms with Crippen molar-refractivity contribution in [3.63, 3.8) is 0 Å². The van der Waals surface area contributed by atoms with E-state index in [-0.39, 0.29) is 29.4 Å². The first-order valence-electron chi connectivity index (χ1n) is 16.3. The molecule has 1 aliphatic carbocycles. The lowest BCUT2D eigenvalue weighted by Crippen LogP contribution is -2.53. The van der Waals surface area contributed by atoms with Crippen LogP contribution in [0.3, 0.4) is 0 Å². The Morgan fingerprint density at radius 3 is 2.35 bits per heavy atom. The number of ether oxygens (including phenoxy) is 1. The summed E-state index contributed by atoms with van der Waals surface area (Å²) in [5, 5.41) is 13.3. The molecule has 0 radical (unpaired) electrons. The molecule has 1 aromatic heterocycles. The Labute approximate surface area is 301 Å². The number of phenolic OH excluding ortho intramolecular Hbond substituents is 1. The van der Waals surface area contributed by atoms with Crippen LogP contribution in [0.2, 0.25) is 10.0 Å². The van der Waals surface area contributed by atoms with Crippen molar-refractivity contribution in [2.24, 2.45) is 5.92 Å². The number of imide groups is 1. The zero-order valence-corrected chi connectivity index (χ0v) is 28.9. The summed E-state index contributed by atoms with van der Waals surface area (Å²) >= 11 is 12.7. The first-order valence-corrected chi connectivity index (χ1v) is 17.1. The van der Waals surface area contributed by atoms with E-state index in [2.05, 4.69) is 5.43 Å². The number of hydrogen-bond acceptors (Lipinski definition) is 7. The number of para-hydroxylation sites is 2. The molecule has 13 heteroatoms. The van der Waals surface area contributed by atoms with E-state index in [4.69, 9.17) is 27.9 Å². The molecule has 1 saturated carbocycles. The minimum atomic E-state index is -1.61. The van der Waals surface area contributed by atoms with Crippen molar-refractivity contribution in [3.8, 4) is 17.2 Å². The summed E-state index contributed by atoms with van der Waals surface area (Å²) in [5.74, 6) is -2.65. The molecule has 0 spiro atoms. The quantitative estimate of drug-likeness (QED) is 0.169. The molecule has 11 nitrogen and oxygen atoms in total. The number of hydrazine groups is 1. The van der Waals surface area contributed by atoms with Crippen LogP contribution in [-0.4, -0.2) is 43.0 Å². The molecule has 3 heterocycles. The third kappa shape index (κ3) is 4.71. The van der Waals surface area contributed by atoms with Gasteiger partial charge in [-0.25, -0.2) is 23.5 Å². The van der Waals surface area contributed by atoms with E-state index in [1.807, 2.05) is 6.08 Å². The third-order valence-corrected chi connectivity index (χ3v) is 11.0. The van der Waals surface area contributed by atoms with Gasteiger partial charge >= 0.3 is 11.4 Å². The molecular formula is C38H31Cl2N5O6. The Balaban J connectivity index is 1.40. The molecule has 1 saturated heterocycles. The van der Waals surface area contributed by atoms with Gasteiger partial charge in [0, 0.05) is 16.5 Å². The van der Waals surface area contributed by atoms with Crippen LogP contribution in [0, 0.1) is 12.8 Å². The van der Waals surface area contributed by atoms with Gasteiger partial charge in [-0.2, -0.15) is 5.01 Å². The fourth-order valence-corrected chi connectivity index (χ4v) is 8.61. The van der Waals surface area contributed by atoms with Gasteiger partial charge in [0.15, 0.2) is 0 Å². The van der Waals surface area contributed by atoms with Gasteiger partial charge in [-0.15, -0.1) is 0 Å². The fraction of sp³-hybridized carbons (Fsp3) is 0.211. The predicted octanol–water partition coefficient (Wildman–Crippen LogP) is 5.75. The van der Waals surface area contributed by atoms with Gasteiger partial charge in [0.05, 0.1) is 47.4 Å². The number of carbonyl (C=O) groups excluding carboxylic acids is 2. The molecular weight excluding hydrogens is 693 g/mol. The lowest BCUT2D eigenvalue weighted by molar-refractivity contribution is -0.138. The fourth-order valence-electron chi connectivity index (χ4n) is 8.16. The van der Waals surface area contributed by atoms with Crippen LogP contribution in [0.5, 0.6) is 11.5 Å². The van der Waals surface area contributed by atoms with Gasteiger partial charge < -0.3 is 9.84 Å². The van der Waals surface area contributed by atoms with Crippen molar-refractivity contribution in [3.05, 3.63) is 150 Å². The van der Waals surface area contributed by atoms with Gasteiger partial charge in [0.1, 0.15) is 11.5 Å². The van der Waals surface area contributed by atoms with Crippen LogP contribution in [0.25, 0.3) is 5.69 Å². The largest absolute Gasteiger partial charge is 0.507 e. The molecule has 2 N–H and O–H groups in total. The average Bonchev–Trinajstić information content (AvgIpc) is 3.51. The number of nitrogens with zero attached hydrogens (tertiary/aromatic N) is 4. The maximum absolute atomic E-state index is 15.3. The highest BCUT2D eigenvalue weighted by atomic mass is 35.5. The van der Waals surface area contributed by atoms with Crippen LogP contribution in [0.15, 0.2) is 112 Å². The van der Waals surface area contributed by atoms with Crippen molar-refractivity contribution in [2.75, 3.05) is 12.5 Å². The number of allylic oxidation sites excluding steroid dienone is 2. The zero-order valence-electron chi connectivity index (χ0n) is 27.4. The standard InChI is InChI=1S/C38H31Cl2N5O6/c1-21-7-6-10-27(33(21)46)32-26-17-18-42-36(49)43(24-8-4-3-5-9-24)37(50)45(42)31(26)20-28-34(47)44(41-30-16-13-23(39)19-29(30)40)35(48)38(28,32)22-11-14-25(51-2)15-12-22/h3-17,19,28,31-32,41,46H,18,20H2,1-2H3/t28-,31+,32+,38+/m0/s1. The molecule has 2 amide bonds. The van der Waals surface area contributed by atoms with Crippen molar-refractivity contribution in [1.82, 2.24) is 18.9 Å². The minimum absolute atomic E-state index is 0.00378. The number of halogens is 2. The van der Waals surface area contributed by atoms with E-state index < -0.39 is 46.5 Å². The summed E-state index contributed by atoms with van der Waals surface area (Å²) in [6.07, 6.45) is 1.84. The molecule has 0 unspecified atom stereocenters. The number of aryl methyl sites for hydroxylation is 1. The smallest absolute Gasteiger partial charge is 0.352 e. The Kier molecular flexibility index (Phi) is 7.73. The highest BCUT2D eigenvalue weighted by Crippen LogP contribution is 2.63. The minimum Gasteiger partial charge on any atom is -0.507 e. The number of amides is 2. The second-order valence-corrected chi connectivity index (χ2v) is 13.8. The van der Waals surface area contributed by atoms with E-state index in [0.717, 1.165) is 9.58 Å². The topological polar surface area (TPSA) is 128 Å². The van der Waals surface area contributed by atoms with Gasteiger partial charge in [-0.3, -0.25) is 15.0 Å². The van der Waals surface area contributed by atoms with Crippen LogP contribution in [0.1, 0.15) is 35.1 Å². The molecule has 2 fully saturated rings. The number of aromatic hydroxyl groups is 1. The predicted molar refractivity (Wildman–Crippen MR) is 192 cm³/mol. The average molecular weight is 725 g/mol. The summed E-state index contributed by atoms with van der Waals surface area (Å²) in [6, 6.07) is 24.7. The molecule has 3 aliphatic rings. The van der Waals surface area contributed by atoms with E-state index >= 15 is 4.79 Å². The molecule has 0 bridgehead atoms. The summed E-state index contributed by atoms with van der Waals surface area (Å²) in [6.45, 7) is 1.78. The Bertz CT molecular complexity index is 2400. The lowest BCUT2D eigenvalue weighted by atomic mass is 9.53. The highest BCUT2D eigenvalue weighted by Gasteiger charge is 2.69. The molecule has 51 heavy (non-hydrogen) atoms. The SMILES string of the molecule is COc1ccc([C@@]23C(=O)N(Nc4ccc(Cl)cc4Cl)C(=O)[C@@H]2C[C@@H]2C(=CCn4c(=O)n(-c5ccccc5)c(=O)n42)[C@@H]3c2cccc(C)c2O)cc1. The van der Waals surface area contributed by atoms with Crippen LogP contribution >= 0.6 is 23.2 Å². The number of hydrogen-bond donors (Lipinski definition) is 2. The van der Waals surface area contributed by atoms with Gasteiger partial charge in [-0.05, 0) is 72.5 Å². The van der Waals surface area contributed by atoms with Crippen molar-refractivity contribution in [1.29, 1.82) is 0 Å². The van der Waals surface area contributed by atoms with Crippen LogP contribution < -0.4 is 21.5 Å². The monoisotopic (exact) mass is 723 g/mol.